The highest BCUT2D eigenvalue weighted by molar-refractivity contribution is 6.30. The van der Waals surface area contributed by atoms with Gasteiger partial charge in [-0.25, -0.2) is 0 Å². The number of nitrogens with zero attached hydrogens (tertiary/aromatic N) is 1. The molecular weight excluding hydrogens is 308 g/mol. The highest BCUT2D eigenvalue weighted by Gasteiger charge is 2.22. The van der Waals surface area contributed by atoms with E-state index in [9.17, 15) is 4.79 Å². The third kappa shape index (κ3) is 3.74. The minimum absolute atomic E-state index is 0.0812. The number of rotatable bonds is 4. The SMILES string of the molecule is CC(NCC(=O)N1CCCc2ccccc21)c1cccc(Cl)c1. The average Bonchev–Trinajstić information content (AvgIpc) is 2.59. The topological polar surface area (TPSA) is 32.3 Å². The van der Waals surface area contributed by atoms with Crippen molar-refractivity contribution in [1.82, 2.24) is 5.32 Å². The highest BCUT2D eigenvalue weighted by atomic mass is 35.5. The molecule has 4 heteroatoms. The number of anilines is 1. The van der Waals surface area contributed by atoms with Crippen LogP contribution in [0.4, 0.5) is 5.69 Å². The van der Waals surface area contributed by atoms with Crippen molar-refractivity contribution < 1.29 is 4.79 Å². The van der Waals surface area contributed by atoms with Crippen molar-refractivity contribution in [3.8, 4) is 0 Å². The number of amides is 1. The molecule has 1 unspecified atom stereocenters. The number of fused-ring (bicyclic) bond motifs is 1. The Bertz CT molecular complexity index is 701. The summed E-state index contributed by atoms with van der Waals surface area (Å²) in [5.74, 6) is 0.117. The van der Waals surface area contributed by atoms with Crippen LogP contribution in [-0.2, 0) is 11.2 Å². The van der Waals surface area contributed by atoms with Crippen molar-refractivity contribution in [1.29, 1.82) is 0 Å². The molecule has 2 aromatic carbocycles. The Morgan fingerprint density at radius 3 is 2.91 bits per heavy atom. The van der Waals surface area contributed by atoms with Crippen LogP contribution in [0, 0.1) is 0 Å². The van der Waals surface area contributed by atoms with E-state index in [-0.39, 0.29) is 11.9 Å². The molecule has 1 amide bonds. The summed E-state index contributed by atoms with van der Waals surface area (Å²) in [5, 5.41) is 4.02. The summed E-state index contributed by atoms with van der Waals surface area (Å²) >= 11 is 6.03. The van der Waals surface area contributed by atoms with E-state index >= 15 is 0 Å². The third-order valence-corrected chi connectivity index (χ3v) is 4.55. The van der Waals surface area contributed by atoms with Crippen LogP contribution in [0.2, 0.25) is 5.02 Å². The third-order valence-electron chi connectivity index (χ3n) is 4.32. The Hall–Kier alpha value is -1.84. The summed E-state index contributed by atoms with van der Waals surface area (Å²) in [5.41, 5.74) is 3.40. The van der Waals surface area contributed by atoms with Crippen LogP contribution >= 0.6 is 11.6 Å². The van der Waals surface area contributed by atoms with Crippen molar-refractivity contribution in [3.63, 3.8) is 0 Å². The number of halogens is 1. The maximum atomic E-state index is 12.6. The number of hydrogen-bond acceptors (Lipinski definition) is 2. The zero-order valence-corrected chi connectivity index (χ0v) is 14.0. The Morgan fingerprint density at radius 2 is 2.09 bits per heavy atom. The minimum atomic E-state index is 0.0812. The summed E-state index contributed by atoms with van der Waals surface area (Å²) in [6.07, 6.45) is 2.07. The number of hydrogen-bond donors (Lipinski definition) is 1. The van der Waals surface area contributed by atoms with E-state index in [1.165, 1.54) is 5.56 Å². The lowest BCUT2D eigenvalue weighted by Gasteiger charge is -2.30. The largest absolute Gasteiger partial charge is 0.311 e. The van der Waals surface area contributed by atoms with Crippen molar-refractivity contribution in [2.24, 2.45) is 0 Å². The first-order valence-corrected chi connectivity index (χ1v) is 8.40. The molecule has 120 valence electrons. The highest BCUT2D eigenvalue weighted by Crippen LogP contribution is 2.26. The van der Waals surface area contributed by atoms with Crippen LogP contribution in [0.5, 0.6) is 0 Å². The molecule has 3 rings (SSSR count). The second-order valence-corrected chi connectivity index (χ2v) is 6.37. The standard InChI is InChI=1S/C19H21ClN2O/c1-14(16-7-4-9-17(20)12-16)21-13-19(23)22-11-5-8-15-6-2-3-10-18(15)22/h2-4,6-7,9-10,12,14,21H,5,8,11,13H2,1H3. The molecule has 2 aromatic rings. The smallest absolute Gasteiger partial charge is 0.240 e. The van der Waals surface area contributed by atoms with Gasteiger partial charge in [-0.15, -0.1) is 0 Å². The summed E-state index contributed by atoms with van der Waals surface area (Å²) in [6, 6.07) is 16.0. The molecule has 0 fully saturated rings. The van der Waals surface area contributed by atoms with Gasteiger partial charge in [0.05, 0.1) is 6.54 Å². The summed E-state index contributed by atoms with van der Waals surface area (Å²) in [4.78, 5) is 14.5. The first-order valence-electron chi connectivity index (χ1n) is 8.02. The van der Waals surface area contributed by atoms with E-state index in [0.29, 0.717) is 11.6 Å². The molecule has 3 nitrogen and oxygen atoms in total. The minimum Gasteiger partial charge on any atom is -0.311 e. The second-order valence-electron chi connectivity index (χ2n) is 5.94. The molecule has 1 atom stereocenters. The predicted molar refractivity (Wildman–Crippen MR) is 95.0 cm³/mol. The van der Waals surface area contributed by atoms with Gasteiger partial charge in [-0.3, -0.25) is 4.79 Å². The Balaban J connectivity index is 1.64. The molecular formula is C19H21ClN2O. The van der Waals surface area contributed by atoms with Gasteiger partial charge >= 0.3 is 0 Å². The molecule has 0 saturated carbocycles. The van der Waals surface area contributed by atoms with Gasteiger partial charge in [-0.05, 0) is 49.1 Å². The normalized spacial score (nSPS) is 15.1. The molecule has 1 aliphatic heterocycles. The molecule has 1 heterocycles. The Morgan fingerprint density at radius 1 is 1.26 bits per heavy atom. The molecule has 0 radical (unpaired) electrons. The second kappa shape index (κ2) is 7.16. The molecule has 1 N–H and O–H groups in total. The van der Waals surface area contributed by atoms with Crippen LogP contribution in [-0.4, -0.2) is 19.0 Å². The summed E-state index contributed by atoms with van der Waals surface area (Å²) < 4.78 is 0. The van der Waals surface area contributed by atoms with Crippen molar-refractivity contribution in [3.05, 3.63) is 64.7 Å². The lowest BCUT2D eigenvalue weighted by Crippen LogP contribution is -2.41. The maximum Gasteiger partial charge on any atom is 0.240 e. The first kappa shape index (κ1) is 16.0. The molecule has 0 aromatic heterocycles. The molecule has 1 aliphatic rings. The zero-order chi connectivity index (χ0) is 16.2. The van der Waals surface area contributed by atoms with Gasteiger partial charge in [0, 0.05) is 23.3 Å². The average molecular weight is 329 g/mol. The first-order chi connectivity index (χ1) is 11.1. The number of carbonyl (C=O) groups is 1. The fourth-order valence-corrected chi connectivity index (χ4v) is 3.22. The van der Waals surface area contributed by atoms with Crippen LogP contribution in [0.1, 0.15) is 30.5 Å². The van der Waals surface area contributed by atoms with Crippen LogP contribution in [0.25, 0.3) is 0 Å². The summed E-state index contributed by atoms with van der Waals surface area (Å²) in [7, 11) is 0. The van der Waals surface area contributed by atoms with Gasteiger partial charge < -0.3 is 10.2 Å². The number of nitrogens with one attached hydrogen (secondary N) is 1. The van der Waals surface area contributed by atoms with Gasteiger partial charge in [0.15, 0.2) is 0 Å². The molecule has 23 heavy (non-hydrogen) atoms. The zero-order valence-electron chi connectivity index (χ0n) is 13.3. The monoisotopic (exact) mass is 328 g/mol. The fraction of sp³-hybridized carbons (Fsp3) is 0.316. The van der Waals surface area contributed by atoms with E-state index < -0.39 is 0 Å². The number of carbonyl (C=O) groups excluding carboxylic acids is 1. The van der Waals surface area contributed by atoms with Crippen LogP contribution in [0.15, 0.2) is 48.5 Å². The Kier molecular flexibility index (Phi) is 4.99. The van der Waals surface area contributed by atoms with Crippen molar-refractivity contribution >= 4 is 23.2 Å². The van der Waals surface area contributed by atoms with Gasteiger partial charge in [-0.1, -0.05) is 41.9 Å². The van der Waals surface area contributed by atoms with Gasteiger partial charge in [0.1, 0.15) is 0 Å². The molecule has 0 saturated heterocycles. The lowest BCUT2D eigenvalue weighted by atomic mass is 10.0. The predicted octanol–water partition coefficient (Wildman–Crippen LogP) is 3.97. The van der Waals surface area contributed by atoms with Crippen LogP contribution < -0.4 is 10.2 Å². The summed E-state index contributed by atoms with van der Waals surface area (Å²) in [6.45, 7) is 3.16. The van der Waals surface area contributed by atoms with E-state index in [1.807, 2.05) is 54.3 Å². The van der Waals surface area contributed by atoms with Crippen molar-refractivity contribution in [2.75, 3.05) is 18.0 Å². The fourth-order valence-electron chi connectivity index (χ4n) is 3.02. The van der Waals surface area contributed by atoms with E-state index in [4.69, 9.17) is 11.6 Å². The number of benzene rings is 2. The quantitative estimate of drug-likeness (QED) is 0.921. The molecule has 0 bridgehead atoms. The van der Waals surface area contributed by atoms with Gasteiger partial charge in [-0.2, -0.15) is 0 Å². The van der Waals surface area contributed by atoms with Gasteiger partial charge in [0.25, 0.3) is 0 Å². The van der Waals surface area contributed by atoms with Crippen LogP contribution in [0.3, 0.4) is 0 Å². The van der Waals surface area contributed by atoms with E-state index in [2.05, 4.69) is 11.4 Å². The lowest BCUT2D eigenvalue weighted by molar-refractivity contribution is -0.118. The van der Waals surface area contributed by atoms with E-state index in [1.54, 1.807) is 0 Å². The Labute approximate surface area is 142 Å². The maximum absolute atomic E-state index is 12.6. The van der Waals surface area contributed by atoms with Crippen molar-refractivity contribution in [2.45, 2.75) is 25.8 Å². The number of aryl methyl sites for hydroxylation is 1. The number of para-hydroxylation sites is 1. The molecule has 0 spiro atoms. The van der Waals surface area contributed by atoms with E-state index in [0.717, 1.165) is 30.6 Å². The molecule has 0 aliphatic carbocycles. The van der Waals surface area contributed by atoms with Gasteiger partial charge in [0.2, 0.25) is 5.91 Å².